The minimum absolute atomic E-state index is 0.341. The van der Waals surface area contributed by atoms with E-state index in [2.05, 4.69) is 5.32 Å². The molecule has 0 bridgehead atoms. The summed E-state index contributed by atoms with van der Waals surface area (Å²) in [7, 11) is 0. The van der Waals surface area contributed by atoms with Crippen LogP contribution >= 0.6 is 0 Å². The third kappa shape index (κ3) is 6.62. The fraction of sp³-hybridized carbons (Fsp3) is 0.273. The topological polar surface area (TPSA) is 64.6 Å². The largest absolute Gasteiger partial charge is 0.493 e. The summed E-state index contributed by atoms with van der Waals surface area (Å²) in [5.41, 5.74) is 2.91. The highest BCUT2D eigenvalue weighted by molar-refractivity contribution is 5.90. The van der Waals surface area contributed by atoms with E-state index in [9.17, 15) is 9.59 Å². The van der Waals surface area contributed by atoms with Crippen LogP contribution in [-0.2, 0) is 20.9 Å². The Bertz CT molecular complexity index is 796. The van der Waals surface area contributed by atoms with Gasteiger partial charge in [0.25, 0.3) is 5.91 Å². The molecule has 0 saturated heterocycles. The molecule has 5 heteroatoms. The first-order chi connectivity index (χ1) is 13.0. The summed E-state index contributed by atoms with van der Waals surface area (Å²) in [5.74, 6) is -0.237. The summed E-state index contributed by atoms with van der Waals surface area (Å²) in [6.07, 6.45) is 2.03. The van der Waals surface area contributed by atoms with Crippen LogP contribution in [0.4, 0.5) is 0 Å². The molecule has 2 aromatic rings. The number of para-hydroxylation sites is 1. The van der Waals surface area contributed by atoms with E-state index in [0.717, 1.165) is 16.7 Å². The zero-order chi connectivity index (χ0) is 19.6. The molecule has 0 unspecified atom stereocenters. The van der Waals surface area contributed by atoms with Gasteiger partial charge in [0.2, 0.25) is 0 Å². The number of nitrogens with one attached hydrogen (secondary N) is 1. The average Bonchev–Trinajstić information content (AvgIpc) is 2.66. The SMILES string of the molecule is CCOc1ccccc1/C=C/C(=O)O[C@@H](C)C(=O)NCc1ccc(C)cc1. The Morgan fingerprint density at radius 1 is 1.11 bits per heavy atom. The smallest absolute Gasteiger partial charge is 0.331 e. The van der Waals surface area contributed by atoms with Crippen molar-refractivity contribution in [2.75, 3.05) is 6.61 Å². The lowest BCUT2D eigenvalue weighted by molar-refractivity contribution is -0.150. The number of carbonyl (C=O) groups excluding carboxylic acids is 2. The summed E-state index contributed by atoms with van der Waals surface area (Å²) in [6.45, 7) is 6.37. The van der Waals surface area contributed by atoms with Crippen molar-refractivity contribution in [3.8, 4) is 5.75 Å². The highest BCUT2D eigenvalue weighted by Gasteiger charge is 2.16. The van der Waals surface area contributed by atoms with E-state index in [1.54, 1.807) is 13.0 Å². The summed E-state index contributed by atoms with van der Waals surface area (Å²) in [5, 5.41) is 2.76. The molecule has 0 aromatic heterocycles. The molecular weight excluding hydrogens is 342 g/mol. The highest BCUT2D eigenvalue weighted by Crippen LogP contribution is 2.19. The number of ether oxygens (including phenoxy) is 2. The van der Waals surface area contributed by atoms with Crippen molar-refractivity contribution < 1.29 is 19.1 Å². The van der Waals surface area contributed by atoms with Crippen LogP contribution in [0.25, 0.3) is 6.08 Å². The normalized spacial score (nSPS) is 11.8. The van der Waals surface area contributed by atoms with Crippen molar-refractivity contribution in [3.05, 3.63) is 71.3 Å². The molecule has 0 aliphatic carbocycles. The highest BCUT2D eigenvalue weighted by atomic mass is 16.5. The Balaban J connectivity index is 1.85. The van der Waals surface area contributed by atoms with Crippen molar-refractivity contribution in [2.45, 2.75) is 33.4 Å². The van der Waals surface area contributed by atoms with Gasteiger partial charge in [0.15, 0.2) is 6.10 Å². The first kappa shape index (κ1) is 20.2. The van der Waals surface area contributed by atoms with Gasteiger partial charge >= 0.3 is 5.97 Å². The van der Waals surface area contributed by atoms with E-state index >= 15 is 0 Å². The lowest BCUT2D eigenvalue weighted by Crippen LogP contribution is -2.35. The Labute approximate surface area is 160 Å². The number of aryl methyl sites for hydroxylation is 1. The number of hydrogen-bond donors (Lipinski definition) is 1. The predicted molar refractivity (Wildman–Crippen MR) is 105 cm³/mol. The van der Waals surface area contributed by atoms with E-state index in [4.69, 9.17) is 9.47 Å². The maximum atomic E-state index is 12.1. The monoisotopic (exact) mass is 367 g/mol. The Morgan fingerprint density at radius 2 is 1.81 bits per heavy atom. The Kier molecular flexibility index (Phi) is 7.62. The standard InChI is InChI=1S/C22H25NO4/c1-4-26-20-8-6-5-7-19(20)13-14-21(24)27-17(3)22(25)23-15-18-11-9-16(2)10-12-18/h5-14,17H,4,15H2,1-3H3,(H,23,25)/b14-13+/t17-/m0/s1. The zero-order valence-electron chi connectivity index (χ0n) is 15.9. The van der Waals surface area contributed by atoms with Gasteiger partial charge in [0.1, 0.15) is 5.75 Å². The maximum absolute atomic E-state index is 12.1. The number of esters is 1. The van der Waals surface area contributed by atoms with E-state index in [0.29, 0.717) is 18.9 Å². The van der Waals surface area contributed by atoms with Gasteiger partial charge in [-0.05, 0) is 38.5 Å². The minimum Gasteiger partial charge on any atom is -0.493 e. The quantitative estimate of drug-likeness (QED) is 0.571. The van der Waals surface area contributed by atoms with E-state index < -0.39 is 12.1 Å². The van der Waals surface area contributed by atoms with Crippen molar-refractivity contribution in [1.82, 2.24) is 5.32 Å². The van der Waals surface area contributed by atoms with Crippen LogP contribution in [-0.4, -0.2) is 24.6 Å². The van der Waals surface area contributed by atoms with Gasteiger partial charge in [-0.1, -0.05) is 48.0 Å². The molecule has 0 saturated carbocycles. The molecule has 27 heavy (non-hydrogen) atoms. The molecule has 0 radical (unpaired) electrons. The van der Waals surface area contributed by atoms with Crippen LogP contribution in [0.15, 0.2) is 54.6 Å². The molecule has 5 nitrogen and oxygen atoms in total. The summed E-state index contributed by atoms with van der Waals surface area (Å²) in [4.78, 5) is 24.1. The van der Waals surface area contributed by atoms with E-state index in [1.165, 1.54) is 6.08 Å². The zero-order valence-corrected chi connectivity index (χ0v) is 15.9. The van der Waals surface area contributed by atoms with Crippen molar-refractivity contribution >= 4 is 18.0 Å². The van der Waals surface area contributed by atoms with E-state index in [1.807, 2.05) is 62.4 Å². The summed E-state index contributed by atoms with van der Waals surface area (Å²) >= 11 is 0. The van der Waals surface area contributed by atoms with Gasteiger partial charge < -0.3 is 14.8 Å². The lowest BCUT2D eigenvalue weighted by Gasteiger charge is -2.12. The molecule has 0 aliphatic heterocycles. The Hall–Kier alpha value is -3.08. The second kappa shape index (κ2) is 10.2. The van der Waals surface area contributed by atoms with Crippen LogP contribution in [0.3, 0.4) is 0 Å². The first-order valence-electron chi connectivity index (χ1n) is 8.93. The van der Waals surface area contributed by atoms with Crippen molar-refractivity contribution in [1.29, 1.82) is 0 Å². The maximum Gasteiger partial charge on any atom is 0.331 e. The molecule has 1 amide bonds. The third-order valence-corrected chi connectivity index (χ3v) is 3.87. The molecule has 0 fully saturated rings. The second-order valence-electron chi connectivity index (χ2n) is 6.09. The molecule has 0 heterocycles. The molecular formula is C22H25NO4. The fourth-order valence-corrected chi connectivity index (χ4v) is 2.37. The predicted octanol–water partition coefficient (Wildman–Crippen LogP) is 3.66. The number of carbonyl (C=O) groups is 2. The fourth-order valence-electron chi connectivity index (χ4n) is 2.37. The van der Waals surface area contributed by atoms with E-state index in [-0.39, 0.29) is 5.91 Å². The molecule has 1 N–H and O–H groups in total. The van der Waals surface area contributed by atoms with Gasteiger partial charge in [-0.15, -0.1) is 0 Å². The molecule has 0 spiro atoms. The summed E-state index contributed by atoms with van der Waals surface area (Å²) < 4.78 is 10.7. The summed E-state index contributed by atoms with van der Waals surface area (Å²) in [6, 6.07) is 15.2. The molecule has 0 aliphatic rings. The Morgan fingerprint density at radius 3 is 2.52 bits per heavy atom. The first-order valence-corrected chi connectivity index (χ1v) is 8.93. The molecule has 2 aromatic carbocycles. The second-order valence-corrected chi connectivity index (χ2v) is 6.09. The average molecular weight is 367 g/mol. The number of amides is 1. The van der Waals surface area contributed by atoms with Gasteiger partial charge in [-0.3, -0.25) is 4.79 Å². The molecule has 2 rings (SSSR count). The number of benzene rings is 2. The van der Waals surface area contributed by atoms with Gasteiger partial charge in [-0.25, -0.2) is 4.79 Å². The molecule has 1 atom stereocenters. The van der Waals surface area contributed by atoms with Crippen molar-refractivity contribution in [3.63, 3.8) is 0 Å². The minimum atomic E-state index is -0.880. The molecule has 142 valence electrons. The van der Waals surface area contributed by atoms with Gasteiger partial charge in [-0.2, -0.15) is 0 Å². The van der Waals surface area contributed by atoms with Crippen molar-refractivity contribution in [2.24, 2.45) is 0 Å². The van der Waals surface area contributed by atoms with Gasteiger partial charge in [0.05, 0.1) is 6.61 Å². The third-order valence-electron chi connectivity index (χ3n) is 3.87. The van der Waals surface area contributed by atoms with Crippen LogP contribution in [0.2, 0.25) is 0 Å². The van der Waals surface area contributed by atoms with Crippen LogP contribution in [0, 0.1) is 6.92 Å². The lowest BCUT2D eigenvalue weighted by atomic mass is 10.1. The van der Waals surface area contributed by atoms with Gasteiger partial charge in [0, 0.05) is 18.2 Å². The number of hydrogen-bond acceptors (Lipinski definition) is 4. The van der Waals surface area contributed by atoms with Crippen LogP contribution in [0.1, 0.15) is 30.5 Å². The van der Waals surface area contributed by atoms with Crippen LogP contribution < -0.4 is 10.1 Å². The number of rotatable bonds is 8. The van der Waals surface area contributed by atoms with Crippen LogP contribution in [0.5, 0.6) is 5.75 Å².